The molecular weight excluding hydrogens is 184 g/mol. The number of methoxy groups -OCH3 is 1. The van der Waals surface area contributed by atoms with Crippen molar-refractivity contribution in [2.24, 2.45) is 0 Å². The molecular formula is C14H22O. The van der Waals surface area contributed by atoms with Gasteiger partial charge in [-0.2, -0.15) is 0 Å². The summed E-state index contributed by atoms with van der Waals surface area (Å²) in [6, 6.07) is 10.6. The number of benzene rings is 1. The van der Waals surface area contributed by atoms with E-state index in [2.05, 4.69) is 58.0 Å². The van der Waals surface area contributed by atoms with Crippen LogP contribution < -0.4 is 0 Å². The summed E-state index contributed by atoms with van der Waals surface area (Å²) in [7, 11) is 1.78. The first-order chi connectivity index (χ1) is 6.87. The highest BCUT2D eigenvalue weighted by Crippen LogP contribution is 2.33. The fourth-order valence-corrected chi connectivity index (χ4v) is 2.13. The smallest absolute Gasteiger partial charge is 0.0631 e. The molecule has 0 saturated carbocycles. The van der Waals surface area contributed by atoms with Crippen molar-refractivity contribution in [2.75, 3.05) is 7.11 Å². The maximum atomic E-state index is 5.50. The van der Waals surface area contributed by atoms with E-state index in [-0.39, 0.29) is 11.0 Å². The van der Waals surface area contributed by atoms with Crippen LogP contribution in [0.5, 0.6) is 0 Å². The average Bonchev–Trinajstić information content (AvgIpc) is 2.18. The van der Waals surface area contributed by atoms with Gasteiger partial charge in [0.15, 0.2) is 0 Å². The fraction of sp³-hybridized carbons (Fsp3) is 0.571. The van der Waals surface area contributed by atoms with Gasteiger partial charge in [0.05, 0.1) is 5.60 Å². The Balaban J connectivity index is 2.85. The summed E-state index contributed by atoms with van der Waals surface area (Å²) >= 11 is 0. The monoisotopic (exact) mass is 206 g/mol. The third-order valence-electron chi connectivity index (χ3n) is 2.98. The molecule has 1 aromatic carbocycles. The summed E-state index contributed by atoms with van der Waals surface area (Å²) in [5.41, 5.74) is 1.45. The SMILES string of the molecule is COC(C)(C)CC(C)(C)c1ccccc1. The van der Waals surface area contributed by atoms with Crippen molar-refractivity contribution in [3.05, 3.63) is 35.9 Å². The second kappa shape index (κ2) is 4.36. The number of ether oxygens (including phenoxy) is 1. The molecule has 1 rings (SSSR count). The van der Waals surface area contributed by atoms with Gasteiger partial charge in [-0.05, 0) is 31.2 Å². The Kier molecular flexibility index (Phi) is 3.56. The van der Waals surface area contributed by atoms with Gasteiger partial charge < -0.3 is 4.74 Å². The Morgan fingerprint density at radius 2 is 1.53 bits per heavy atom. The van der Waals surface area contributed by atoms with E-state index in [0.29, 0.717) is 0 Å². The minimum Gasteiger partial charge on any atom is -0.379 e. The average molecular weight is 206 g/mol. The lowest BCUT2D eigenvalue weighted by Gasteiger charge is -2.34. The summed E-state index contributed by atoms with van der Waals surface area (Å²) in [6.07, 6.45) is 1.01. The van der Waals surface area contributed by atoms with Crippen molar-refractivity contribution in [1.29, 1.82) is 0 Å². The van der Waals surface area contributed by atoms with Gasteiger partial charge in [-0.3, -0.25) is 0 Å². The highest BCUT2D eigenvalue weighted by molar-refractivity contribution is 5.23. The molecule has 0 aromatic heterocycles. The molecule has 0 bridgehead atoms. The summed E-state index contributed by atoms with van der Waals surface area (Å²) in [5, 5.41) is 0. The largest absolute Gasteiger partial charge is 0.379 e. The summed E-state index contributed by atoms with van der Waals surface area (Å²) in [5.74, 6) is 0. The van der Waals surface area contributed by atoms with Crippen LogP contribution in [-0.2, 0) is 10.2 Å². The van der Waals surface area contributed by atoms with Gasteiger partial charge in [0, 0.05) is 7.11 Å². The highest BCUT2D eigenvalue weighted by atomic mass is 16.5. The molecule has 1 heteroatoms. The minimum absolute atomic E-state index is 0.0701. The van der Waals surface area contributed by atoms with Gasteiger partial charge in [-0.15, -0.1) is 0 Å². The highest BCUT2D eigenvalue weighted by Gasteiger charge is 2.29. The number of hydrogen-bond acceptors (Lipinski definition) is 1. The van der Waals surface area contributed by atoms with Crippen molar-refractivity contribution >= 4 is 0 Å². The van der Waals surface area contributed by atoms with Crippen molar-refractivity contribution in [1.82, 2.24) is 0 Å². The van der Waals surface area contributed by atoms with Crippen LogP contribution in [-0.4, -0.2) is 12.7 Å². The molecule has 1 aromatic rings. The minimum atomic E-state index is -0.0701. The van der Waals surface area contributed by atoms with Crippen molar-refractivity contribution in [2.45, 2.75) is 45.1 Å². The molecule has 1 nitrogen and oxygen atoms in total. The molecule has 0 N–H and O–H groups in total. The Labute approximate surface area is 93.5 Å². The lowest BCUT2D eigenvalue weighted by molar-refractivity contribution is 0.000118. The first-order valence-electron chi connectivity index (χ1n) is 5.48. The molecule has 0 spiro atoms. The molecule has 0 saturated heterocycles. The standard InChI is InChI=1S/C14H22O/c1-13(2,11-14(3,4)15-5)12-9-7-6-8-10-12/h6-10H,11H2,1-5H3. The van der Waals surface area contributed by atoms with Crippen LogP contribution in [0, 0.1) is 0 Å². The van der Waals surface area contributed by atoms with Crippen LogP contribution in [0.2, 0.25) is 0 Å². The van der Waals surface area contributed by atoms with Crippen molar-refractivity contribution in [3.63, 3.8) is 0 Å². The third-order valence-corrected chi connectivity index (χ3v) is 2.98. The first-order valence-corrected chi connectivity index (χ1v) is 5.48. The molecule has 0 unspecified atom stereocenters. The van der Waals surface area contributed by atoms with Crippen LogP contribution in [0.25, 0.3) is 0 Å². The predicted molar refractivity (Wildman–Crippen MR) is 65.2 cm³/mol. The van der Waals surface area contributed by atoms with Crippen LogP contribution in [0.4, 0.5) is 0 Å². The Morgan fingerprint density at radius 3 is 2.00 bits per heavy atom. The molecule has 15 heavy (non-hydrogen) atoms. The summed E-state index contributed by atoms with van der Waals surface area (Å²) in [6.45, 7) is 8.81. The van der Waals surface area contributed by atoms with E-state index >= 15 is 0 Å². The van der Waals surface area contributed by atoms with E-state index in [0.717, 1.165) is 6.42 Å². The Bertz CT molecular complexity index is 298. The number of hydrogen-bond donors (Lipinski definition) is 0. The van der Waals surface area contributed by atoms with E-state index < -0.39 is 0 Å². The molecule has 0 atom stereocenters. The second-order valence-electron chi connectivity index (χ2n) is 5.39. The van der Waals surface area contributed by atoms with E-state index in [9.17, 15) is 0 Å². The van der Waals surface area contributed by atoms with E-state index in [4.69, 9.17) is 4.74 Å². The molecule has 0 aliphatic carbocycles. The zero-order chi connectivity index (χ0) is 11.5. The molecule has 0 amide bonds. The summed E-state index contributed by atoms with van der Waals surface area (Å²) < 4.78 is 5.50. The maximum absolute atomic E-state index is 5.50. The van der Waals surface area contributed by atoms with E-state index in [1.807, 2.05) is 0 Å². The molecule has 0 heterocycles. The van der Waals surface area contributed by atoms with E-state index in [1.54, 1.807) is 7.11 Å². The topological polar surface area (TPSA) is 9.23 Å². The second-order valence-corrected chi connectivity index (χ2v) is 5.39. The van der Waals surface area contributed by atoms with Crippen LogP contribution in [0.3, 0.4) is 0 Å². The quantitative estimate of drug-likeness (QED) is 0.728. The Hall–Kier alpha value is -0.820. The zero-order valence-corrected chi connectivity index (χ0v) is 10.5. The van der Waals surface area contributed by atoms with Crippen molar-refractivity contribution < 1.29 is 4.74 Å². The van der Waals surface area contributed by atoms with Crippen LogP contribution in [0.15, 0.2) is 30.3 Å². The number of rotatable bonds is 4. The first kappa shape index (κ1) is 12.3. The van der Waals surface area contributed by atoms with Crippen molar-refractivity contribution in [3.8, 4) is 0 Å². The van der Waals surface area contributed by atoms with Gasteiger partial charge >= 0.3 is 0 Å². The molecule has 0 aliphatic heterocycles. The normalized spacial score (nSPS) is 12.9. The van der Waals surface area contributed by atoms with Gasteiger partial charge in [-0.1, -0.05) is 44.2 Å². The van der Waals surface area contributed by atoms with Gasteiger partial charge in [0.25, 0.3) is 0 Å². The molecule has 0 radical (unpaired) electrons. The lowest BCUT2D eigenvalue weighted by atomic mass is 9.76. The van der Waals surface area contributed by atoms with Gasteiger partial charge in [-0.25, -0.2) is 0 Å². The predicted octanol–water partition coefficient (Wildman–Crippen LogP) is 3.78. The zero-order valence-electron chi connectivity index (χ0n) is 10.5. The summed E-state index contributed by atoms with van der Waals surface area (Å²) in [4.78, 5) is 0. The fourth-order valence-electron chi connectivity index (χ4n) is 2.13. The Morgan fingerprint density at radius 1 is 1.00 bits per heavy atom. The van der Waals surface area contributed by atoms with E-state index in [1.165, 1.54) is 5.56 Å². The molecule has 0 fully saturated rings. The molecule has 0 aliphatic rings. The third kappa shape index (κ3) is 3.35. The van der Waals surface area contributed by atoms with Gasteiger partial charge in [0.2, 0.25) is 0 Å². The van der Waals surface area contributed by atoms with Gasteiger partial charge in [0.1, 0.15) is 0 Å². The maximum Gasteiger partial charge on any atom is 0.0631 e. The molecule has 84 valence electrons. The lowest BCUT2D eigenvalue weighted by Crippen LogP contribution is -2.32. The van der Waals surface area contributed by atoms with Crippen LogP contribution in [0.1, 0.15) is 39.7 Å². The van der Waals surface area contributed by atoms with Crippen LogP contribution >= 0.6 is 0 Å².